The molecule has 0 spiro atoms. The molecule has 1 aromatic carbocycles. The fraction of sp³-hybridized carbons (Fsp3) is 0.600. The number of ether oxygens (including phenoxy) is 2. The zero-order valence-corrected chi connectivity index (χ0v) is 16.0. The van der Waals surface area contributed by atoms with E-state index in [0.29, 0.717) is 36.2 Å². The molecule has 1 aromatic rings. The minimum absolute atomic E-state index is 0.0327. The first-order chi connectivity index (χ1) is 12.5. The Labute approximate surface area is 155 Å². The summed E-state index contributed by atoms with van der Waals surface area (Å²) in [6, 6.07) is 7.20. The Hall–Kier alpha value is -1.92. The Kier molecular flexibility index (Phi) is 8.06. The standard InChI is InChI=1S/C20H30N2O4/c1-4-19(23)16-5-7-17(8-6-16)26-14-20(24)21-13-18(15(2)3)22-9-11-25-12-10-22/h5-8,15,18H,4,9-14H2,1-3H3,(H,21,24)/t18-/m1/s1. The Morgan fingerprint density at radius 3 is 2.42 bits per heavy atom. The van der Waals surface area contributed by atoms with E-state index in [-0.39, 0.29) is 18.3 Å². The summed E-state index contributed by atoms with van der Waals surface area (Å²) in [5.74, 6) is 0.981. The van der Waals surface area contributed by atoms with Crippen molar-refractivity contribution in [3.63, 3.8) is 0 Å². The van der Waals surface area contributed by atoms with Gasteiger partial charge in [-0.2, -0.15) is 0 Å². The first kappa shape index (κ1) is 20.4. The van der Waals surface area contributed by atoms with Crippen LogP contribution in [0.15, 0.2) is 24.3 Å². The van der Waals surface area contributed by atoms with Gasteiger partial charge >= 0.3 is 0 Å². The van der Waals surface area contributed by atoms with Gasteiger partial charge in [-0.15, -0.1) is 0 Å². The predicted molar refractivity (Wildman–Crippen MR) is 101 cm³/mol. The van der Waals surface area contributed by atoms with Gasteiger partial charge in [-0.05, 0) is 30.2 Å². The summed E-state index contributed by atoms with van der Waals surface area (Å²) >= 11 is 0. The van der Waals surface area contributed by atoms with Crippen LogP contribution in [-0.4, -0.2) is 62.1 Å². The molecule has 0 saturated carbocycles. The second-order valence-electron chi connectivity index (χ2n) is 6.85. The Balaban J connectivity index is 1.77. The van der Waals surface area contributed by atoms with Crippen molar-refractivity contribution < 1.29 is 19.1 Å². The minimum atomic E-state index is -0.141. The first-order valence-corrected chi connectivity index (χ1v) is 9.35. The van der Waals surface area contributed by atoms with Crippen molar-refractivity contribution in [1.82, 2.24) is 10.2 Å². The molecule has 6 heteroatoms. The number of carbonyl (C=O) groups excluding carboxylic acids is 2. The third-order valence-corrected chi connectivity index (χ3v) is 4.66. The van der Waals surface area contributed by atoms with Gasteiger partial charge in [0.2, 0.25) is 0 Å². The quantitative estimate of drug-likeness (QED) is 0.682. The average molecular weight is 362 g/mol. The highest BCUT2D eigenvalue weighted by molar-refractivity contribution is 5.95. The number of Topliss-reactive ketones (excluding diaryl/α,β-unsaturated/α-hetero) is 1. The lowest BCUT2D eigenvalue weighted by atomic mass is 10.0. The normalized spacial score (nSPS) is 16.3. The van der Waals surface area contributed by atoms with Gasteiger partial charge in [0.25, 0.3) is 5.91 Å². The van der Waals surface area contributed by atoms with Crippen molar-refractivity contribution in [3.05, 3.63) is 29.8 Å². The molecule has 6 nitrogen and oxygen atoms in total. The molecule has 1 atom stereocenters. The molecule has 0 radical (unpaired) electrons. The molecular formula is C20H30N2O4. The molecule has 1 heterocycles. The van der Waals surface area contributed by atoms with E-state index < -0.39 is 0 Å². The van der Waals surface area contributed by atoms with Crippen molar-refractivity contribution in [1.29, 1.82) is 0 Å². The summed E-state index contributed by atoms with van der Waals surface area (Å²) in [7, 11) is 0. The van der Waals surface area contributed by atoms with Crippen LogP contribution in [0.1, 0.15) is 37.6 Å². The molecule has 1 amide bonds. The summed E-state index contributed by atoms with van der Waals surface area (Å²) < 4.78 is 10.9. The molecule has 26 heavy (non-hydrogen) atoms. The topological polar surface area (TPSA) is 67.9 Å². The van der Waals surface area contributed by atoms with Crippen LogP contribution in [0, 0.1) is 5.92 Å². The zero-order valence-electron chi connectivity index (χ0n) is 16.0. The van der Waals surface area contributed by atoms with Crippen LogP contribution in [0.4, 0.5) is 0 Å². The number of rotatable bonds is 9. The van der Waals surface area contributed by atoms with Crippen molar-refractivity contribution in [2.24, 2.45) is 5.92 Å². The molecule has 0 aliphatic carbocycles. The molecule has 144 valence electrons. The molecule has 0 aromatic heterocycles. The number of carbonyl (C=O) groups is 2. The Bertz CT molecular complexity index is 580. The van der Waals surface area contributed by atoms with E-state index >= 15 is 0 Å². The van der Waals surface area contributed by atoms with Crippen molar-refractivity contribution in [2.75, 3.05) is 39.5 Å². The van der Waals surface area contributed by atoms with Crippen LogP contribution in [0.2, 0.25) is 0 Å². The third kappa shape index (κ3) is 6.11. The van der Waals surface area contributed by atoms with Crippen molar-refractivity contribution in [2.45, 2.75) is 33.2 Å². The number of ketones is 1. The van der Waals surface area contributed by atoms with Gasteiger partial charge in [0.1, 0.15) is 5.75 Å². The minimum Gasteiger partial charge on any atom is -0.484 e. The Morgan fingerprint density at radius 1 is 1.19 bits per heavy atom. The van der Waals surface area contributed by atoms with Gasteiger partial charge in [-0.1, -0.05) is 20.8 Å². The number of hydrogen-bond acceptors (Lipinski definition) is 5. The fourth-order valence-corrected chi connectivity index (χ4v) is 3.06. The van der Waals surface area contributed by atoms with E-state index in [1.807, 2.05) is 6.92 Å². The van der Waals surface area contributed by atoms with E-state index in [4.69, 9.17) is 9.47 Å². The van der Waals surface area contributed by atoms with Crippen LogP contribution in [-0.2, 0) is 9.53 Å². The van der Waals surface area contributed by atoms with Crippen molar-refractivity contribution in [3.8, 4) is 5.75 Å². The molecule has 0 unspecified atom stereocenters. The predicted octanol–water partition coefficient (Wildman–Crippen LogP) is 2.13. The maximum Gasteiger partial charge on any atom is 0.257 e. The lowest BCUT2D eigenvalue weighted by molar-refractivity contribution is -0.123. The van der Waals surface area contributed by atoms with Crippen LogP contribution in [0.3, 0.4) is 0 Å². The highest BCUT2D eigenvalue weighted by atomic mass is 16.5. The summed E-state index contributed by atoms with van der Waals surface area (Å²) in [6.45, 7) is 10.0. The zero-order chi connectivity index (χ0) is 18.9. The van der Waals surface area contributed by atoms with Gasteiger partial charge in [0.05, 0.1) is 13.2 Å². The highest BCUT2D eigenvalue weighted by Gasteiger charge is 2.24. The molecule has 1 aliphatic rings. The number of morpholine rings is 1. The number of amides is 1. The van der Waals surface area contributed by atoms with E-state index in [1.54, 1.807) is 24.3 Å². The second-order valence-corrected chi connectivity index (χ2v) is 6.85. The van der Waals surface area contributed by atoms with Gasteiger partial charge in [-0.3, -0.25) is 14.5 Å². The molecule has 0 bridgehead atoms. The van der Waals surface area contributed by atoms with Crippen LogP contribution >= 0.6 is 0 Å². The number of nitrogens with zero attached hydrogens (tertiary/aromatic N) is 1. The summed E-state index contributed by atoms with van der Waals surface area (Å²) in [6.07, 6.45) is 0.475. The lowest BCUT2D eigenvalue weighted by Crippen LogP contribution is -2.51. The molecule has 1 fully saturated rings. The van der Waals surface area contributed by atoms with E-state index in [0.717, 1.165) is 26.3 Å². The first-order valence-electron chi connectivity index (χ1n) is 9.35. The third-order valence-electron chi connectivity index (χ3n) is 4.66. The fourth-order valence-electron chi connectivity index (χ4n) is 3.06. The SMILES string of the molecule is CCC(=O)c1ccc(OCC(=O)NC[C@H](C(C)C)N2CCOCC2)cc1. The number of nitrogens with one attached hydrogen (secondary N) is 1. The summed E-state index contributed by atoms with van der Waals surface area (Å²) in [4.78, 5) is 26.1. The second kappa shape index (κ2) is 10.3. The van der Waals surface area contributed by atoms with E-state index in [2.05, 4.69) is 24.1 Å². The Morgan fingerprint density at radius 2 is 1.85 bits per heavy atom. The maximum absolute atomic E-state index is 12.1. The summed E-state index contributed by atoms with van der Waals surface area (Å²) in [5.41, 5.74) is 0.662. The van der Waals surface area contributed by atoms with Crippen LogP contribution in [0.5, 0.6) is 5.75 Å². The molecule has 2 rings (SSSR count). The van der Waals surface area contributed by atoms with Gasteiger partial charge < -0.3 is 14.8 Å². The molecule has 1 aliphatic heterocycles. The largest absolute Gasteiger partial charge is 0.484 e. The van der Waals surface area contributed by atoms with Gasteiger partial charge in [-0.25, -0.2) is 0 Å². The number of benzene rings is 1. The van der Waals surface area contributed by atoms with Gasteiger partial charge in [0, 0.05) is 37.7 Å². The molecule has 1 N–H and O–H groups in total. The van der Waals surface area contributed by atoms with Crippen LogP contribution < -0.4 is 10.1 Å². The van der Waals surface area contributed by atoms with E-state index in [1.165, 1.54) is 0 Å². The van der Waals surface area contributed by atoms with E-state index in [9.17, 15) is 9.59 Å². The smallest absolute Gasteiger partial charge is 0.257 e. The summed E-state index contributed by atoms with van der Waals surface area (Å²) in [5, 5.41) is 2.97. The molecule has 1 saturated heterocycles. The van der Waals surface area contributed by atoms with Crippen LogP contribution in [0.25, 0.3) is 0 Å². The highest BCUT2D eigenvalue weighted by Crippen LogP contribution is 2.14. The van der Waals surface area contributed by atoms with Gasteiger partial charge in [0.15, 0.2) is 12.4 Å². The maximum atomic E-state index is 12.1. The molecular weight excluding hydrogens is 332 g/mol. The lowest BCUT2D eigenvalue weighted by Gasteiger charge is -2.36. The average Bonchev–Trinajstić information content (AvgIpc) is 2.67. The monoisotopic (exact) mass is 362 g/mol. The number of hydrogen-bond donors (Lipinski definition) is 1. The van der Waals surface area contributed by atoms with Crippen molar-refractivity contribution >= 4 is 11.7 Å².